The van der Waals surface area contributed by atoms with Crippen LogP contribution in [0.3, 0.4) is 0 Å². The Morgan fingerprint density at radius 1 is 0.938 bits per heavy atom. The number of hydrogen-bond acceptors (Lipinski definition) is 3. The van der Waals surface area contributed by atoms with Crippen molar-refractivity contribution in [3.63, 3.8) is 0 Å². The van der Waals surface area contributed by atoms with E-state index in [4.69, 9.17) is 9.47 Å². The third kappa shape index (κ3) is 5.28. The van der Waals surface area contributed by atoms with Gasteiger partial charge in [-0.05, 0) is 13.0 Å². The van der Waals surface area contributed by atoms with Crippen LogP contribution in [-0.2, 0) is 9.47 Å². The summed E-state index contributed by atoms with van der Waals surface area (Å²) in [5.41, 5.74) is 0. The van der Waals surface area contributed by atoms with E-state index in [9.17, 15) is 0 Å². The zero-order valence-corrected chi connectivity index (χ0v) is 10.5. The first kappa shape index (κ1) is 12.3. The molecule has 2 unspecified atom stereocenters. The van der Waals surface area contributed by atoms with Crippen LogP contribution in [0.1, 0.15) is 39.0 Å². The molecule has 0 aromatic carbocycles. The Balaban J connectivity index is 1.53. The maximum absolute atomic E-state index is 5.30. The lowest BCUT2D eigenvalue weighted by Crippen LogP contribution is -2.32. The predicted octanol–water partition coefficient (Wildman–Crippen LogP) is 2.06. The average molecular weight is 227 g/mol. The number of unbranched alkanes of at least 4 members (excludes halogenated alkanes) is 4. The third-order valence-corrected chi connectivity index (χ3v) is 3.31. The van der Waals surface area contributed by atoms with Crippen molar-refractivity contribution in [1.29, 1.82) is 0 Å². The predicted molar refractivity (Wildman–Crippen MR) is 64.7 cm³/mol. The van der Waals surface area contributed by atoms with E-state index in [1.165, 1.54) is 38.6 Å². The minimum Gasteiger partial charge on any atom is -0.372 e. The maximum Gasteiger partial charge on any atom is 0.0936 e. The molecule has 2 atom stereocenters. The standard InChI is InChI=1S/C13H25NO2/c1-2-3-4-5-6-7-14(8-12-10-15-12)9-13-11-16-13/h12-13H,2-11H2,1H3. The molecule has 3 heteroatoms. The molecule has 0 saturated carbocycles. The summed E-state index contributed by atoms with van der Waals surface area (Å²) < 4.78 is 10.6. The largest absolute Gasteiger partial charge is 0.372 e. The number of rotatable bonds is 10. The van der Waals surface area contributed by atoms with Crippen molar-refractivity contribution in [2.75, 3.05) is 32.8 Å². The number of hydrogen-bond donors (Lipinski definition) is 0. The first-order valence-corrected chi connectivity index (χ1v) is 6.84. The molecule has 2 heterocycles. The Hall–Kier alpha value is -0.120. The number of nitrogens with zero attached hydrogens (tertiary/aromatic N) is 1. The van der Waals surface area contributed by atoms with Crippen molar-refractivity contribution in [3.05, 3.63) is 0 Å². The van der Waals surface area contributed by atoms with E-state index in [-0.39, 0.29) is 0 Å². The van der Waals surface area contributed by atoms with Crippen LogP contribution in [0.5, 0.6) is 0 Å². The summed E-state index contributed by atoms with van der Waals surface area (Å²) >= 11 is 0. The second kappa shape index (κ2) is 6.58. The highest BCUT2D eigenvalue weighted by Gasteiger charge is 2.30. The molecule has 3 nitrogen and oxygen atoms in total. The molecule has 94 valence electrons. The van der Waals surface area contributed by atoms with E-state index < -0.39 is 0 Å². The maximum atomic E-state index is 5.30. The number of ether oxygens (including phenoxy) is 2. The molecule has 0 aromatic rings. The van der Waals surface area contributed by atoms with Crippen LogP contribution in [0.2, 0.25) is 0 Å². The molecule has 0 radical (unpaired) electrons. The van der Waals surface area contributed by atoms with Crippen LogP contribution < -0.4 is 0 Å². The summed E-state index contributed by atoms with van der Waals surface area (Å²) in [6.45, 7) is 7.67. The van der Waals surface area contributed by atoms with Crippen molar-refractivity contribution in [3.8, 4) is 0 Å². The highest BCUT2D eigenvalue weighted by molar-refractivity contribution is 4.79. The van der Waals surface area contributed by atoms with E-state index in [1.54, 1.807) is 0 Å². The second-order valence-corrected chi connectivity index (χ2v) is 5.08. The van der Waals surface area contributed by atoms with Gasteiger partial charge in [-0.2, -0.15) is 0 Å². The first-order valence-electron chi connectivity index (χ1n) is 6.84. The fraction of sp³-hybridized carbons (Fsp3) is 1.00. The molecule has 0 aliphatic carbocycles. The first-order chi connectivity index (χ1) is 7.88. The summed E-state index contributed by atoms with van der Waals surface area (Å²) in [5, 5.41) is 0. The normalized spacial score (nSPS) is 27.4. The summed E-state index contributed by atoms with van der Waals surface area (Å²) in [7, 11) is 0. The van der Waals surface area contributed by atoms with Gasteiger partial charge in [0.2, 0.25) is 0 Å². The molecular weight excluding hydrogens is 202 g/mol. The molecule has 2 saturated heterocycles. The lowest BCUT2D eigenvalue weighted by atomic mass is 10.1. The minimum atomic E-state index is 0.523. The van der Waals surface area contributed by atoms with Crippen LogP contribution in [0.25, 0.3) is 0 Å². The molecule has 0 aromatic heterocycles. The summed E-state index contributed by atoms with van der Waals surface area (Å²) in [5.74, 6) is 0. The summed E-state index contributed by atoms with van der Waals surface area (Å²) in [6.07, 6.45) is 7.86. The van der Waals surface area contributed by atoms with E-state index in [0.29, 0.717) is 12.2 Å². The van der Waals surface area contributed by atoms with Crippen molar-refractivity contribution in [2.24, 2.45) is 0 Å². The summed E-state index contributed by atoms with van der Waals surface area (Å²) in [4.78, 5) is 2.53. The molecule has 2 fully saturated rings. The Bertz CT molecular complexity index is 176. The van der Waals surface area contributed by atoms with E-state index >= 15 is 0 Å². The smallest absolute Gasteiger partial charge is 0.0936 e. The molecule has 0 spiro atoms. The van der Waals surface area contributed by atoms with E-state index in [0.717, 1.165) is 26.3 Å². The molecule has 2 rings (SSSR count). The van der Waals surface area contributed by atoms with Crippen LogP contribution in [0.15, 0.2) is 0 Å². The molecule has 2 aliphatic heterocycles. The van der Waals surface area contributed by atoms with Gasteiger partial charge in [-0.15, -0.1) is 0 Å². The quantitative estimate of drug-likeness (QED) is 0.422. The van der Waals surface area contributed by atoms with Gasteiger partial charge < -0.3 is 9.47 Å². The van der Waals surface area contributed by atoms with Crippen molar-refractivity contribution >= 4 is 0 Å². The van der Waals surface area contributed by atoms with Crippen LogP contribution >= 0.6 is 0 Å². The van der Waals surface area contributed by atoms with Gasteiger partial charge >= 0.3 is 0 Å². The number of epoxide rings is 2. The second-order valence-electron chi connectivity index (χ2n) is 5.08. The van der Waals surface area contributed by atoms with Crippen LogP contribution in [0, 0.1) is 0 Å². The van der Waals surface area contributed by atoms with Gasteiger partial charge in [0.25, 0.3) is 0 Å². The molecule has 0 bridgehead atoms. The van der Waals surface area contributed by atoms with E-state index in [1.807, 2.05) is 0 Å². The van der Waals surface area contributed by atoms with Gasteiger partial charge in [-0.1, -0.05) is 32.6 Å². The Morgan fingerprint density at radius 3 is 2.00 bits per heavy atom. The lowest BCUT2D eigenvalue weighted by Gasteiger charge is -2.20. The molecule has 2 aliphatic rings. The Morgan fingerprint density at radius 2 is 1.50 bits per heavy atom. The fourth-order valence-electron chi connectivity index (χ4n) is 2.12. The molecule has 0 N–H and O–H groups in total. The van der Waals surface area contributed by atoms with Crippen molar-refractivity contribution in [1.82, 2.24) is 4.90 Å². The van der Waals surface area contributed by atoms with Crippen molar-refractivity contribution < 1.29 is 9.47 Å². The molecule has 16 heavy (non-hydrogen) atoms. The molecule has 0 amide bonds. The van der Waals surface area contributed by atoms with Crippen LogP contribution in [-0.4, -0.2) is 50.0 Å². The zero-order valence-electron chi connectivity index (χ0n) is 10.5. The topological polar surface area (TPSA) is 28.3 Å². The van der Waals surface area contributed by atoms with Gasteiger partial charge in [-0.25, -0.2) is 0 Å². The van der Waals surface area contributed by atoms with Gasteiger partial charge in [0.05, 0.1) is 25.4 Å². The minimum absolute atomic E-state index is 0.523. The van der Waals surface area contributed by atoms with Gasteiger partial charge in [-0.3, -0.25) is 4.90 Å². The van der Waals surface area contributed by atoms with Gasteiger partial charge in [0.1, 0.15) is 0 Å². The fourth-order valence-corrected chi connectivity index (χ4v) is 2.12. The van der Waals surface area contributed by atoms with Crippen LogP contribution in [0.4, 0.5) is 0 Å². The van der Waals surface area contributed by atoms with Gasteiger partial charge in [0.15, 0.2) is 0 Å². The Kier molecular flexibility index (Phi) is 5.07. The average Bonchev–Trinajstić information content (AvgIpc) is 3.12. The third-order valence-electron chi connectivity index (χ3n) is 3.31. The summed E-state index contributed by atoms with van der Waals surface area (Å²) in [6, 6.07) is 0. The van der Waals surface area contributed by atoms with Gasteiger partial charge in [0, 0.05) is 13.1 Å². The lowest BCUT2D eigenvalue weighted by molar-refractivity contribution is 0.216. The molecular formula is C13H25NO2. The zero-order chi connectivity index (χ0) is 11.2. The Labute approximate surface area is 99.1 Å². The van der Waals surface area contributed by atoms with E-state index in [2.05, 4.69) is 11.8 Å². The van der Waals surface area contributed by atoms with Crippen molar-refractivity contribution in [2.45, 2.75) is 51.2 Å². The SMILES string of the molecule is CCCCCCCN(CC1CO1)CC1CO1. The highest BCUT2D eigenvalue weighted by Crippen LogP contribution is 2.16. The monoisotopic (exact) mass is 227 g/mol. The highest BCUT2D eigenvalue weighted by atomic mass is 16.6.